The zero-order valence-electron chi connectivity index (χ0n) is 20.6. The lowest BCUT2D eigenvalue weighted by molar-refractivity contribution is -0.119. The van der Waals surface area contributed by atoms with E-state index in [2.05, 4.69) is 15.0 Å². The van der Waals surface area contributed by atoms with Gasteiger partial charge in [-0.2, -0.15) is 0 Å². The molecular weight excluding hydrogens is 486 g/mol. The van der Waals surface area contributed by atoms with Crippen molar-refractivity contribution in [3.8, 4) is 11.3 Å². The van der Waals surface area contributed by atoms with Crippen LogP contribution in [0.5, 0.6) is 0 Å². The zero-order chi connectivity index (χ0) is 26.5. The highest BCUT2D eigenvalue weighted by atomic mass is 19.3. The van der Waals surface area contributed by atoms with Crippen molar-refractivity contribution >= 4 is 16.7 Å². The van der Waals surface area contributed by atoms with Gasteiger partial charge in [-0.15, -0.1) is 0 Å². The SMILES string of the molecule is O=C(CCc1cc2cnccc2[nH]1)Cn1c(-c2ccccc2)cnc(CCC(F)(F)c2ccccc2)c1=O. The number of aromatic nitrogens is 4. The van der Waals surface area contributed by atoms with Crippen LogP contribution in [0.4, 0.5) is 8.78 Å². The molecule has 0 spiro atoms. The average Bonchev–Trinajstić information content (AvgIpc) is 3.36. The monoisotopic (exact) mass is 512 g/mol. The molecule has 5 rings (SSSR count). The minimum absolute atomic E-state index is 0.0104. The highest BCUT2D eigenvalue weighted by molar-refractivity contribution is 5.81. The van der Waals surface area contributed by atoms with Crippen LogP contribution >= 0.6 is 0 Å². The number of aromatic amines is 1. The molecule has 0 bridgehead atoms. The Morgan fingerprint density at radius 3 is 2.42 bits per heavy atom. The summed E-state index contributed by atoms with van der Waals surface area (Å²) in [4.78, 5) is 38.1. The maximum Gasteiger partial charge on any atom is 0.273 e. The van der Waals surface area contributed by atoms with Crippen molar-refractivity contribution in [1.82, 2.24) is 19.5 Å². The lowest BCUT2D eigenvalue weighted by atomic mass is 10.0. The van der Waals surface area contributed by atoms with Crippen LogP contribution in [-0.2, 0) is 30.1 Å². The highest BCUT2D eigenvalue weighted by Gasteiger charge is 2.31. The van der Waals surface area contributed by atoms with Gasteiger partial charge in [-0.05, 0) is 24.1 Å². The van der Waals surface area contributed by atoms with E-state index in [1.54, 1.807) is 30.6 Å². The lowest BCUT2D eigenvalue weighted by Crippen LogP contribution is -2.30. The molecule has 3 heterocycles. The maximum absolute atomic E-state index is 14.8. The van der Waals surface area contributed by atoms with E-state index in [1.165, 1.54) is 22.9 Å². The van der Waals surface area contributed by atoms with Crippen molar-refractivity contribution in [3.05, 3.63) is 119 Å². The van der Waals surface area contributed by atoms with Crippen molar-refractivity contribution in [2.24, 2.45) is 0 Å². The first-order valence-corrected chi connectivity index (χ1v) is 12.4. The predicted octanol–water partition coefficient (Wildman–Crippen LogP) is 5.71. The third-order valence-electron chi connectivity index (χ3n) is 6.55. The molecule has 0 saturated heterocycles. The fourth-order valence-electron chi connectivity index (χ4n) is 4.50. The van der Waals surface area contributed by atoms with Gasteiger partial charge in [0.15, 0.2) is 5.78 Å². The summed E-state index contributed by atoms with van der Waals surface area (Å²) in [5.74, 6) is -3.25. The molecule has 0 unspecified atom stereocenters. The van der Waals surface area contributed by atoms with Crippen molar-refractivity contribution in [2.75, 3.05) is 0 Å². The number of rotatable bonds is 10. The Hall–Kier alpha value is -4.46. The average molecular weight is 513 g/mol. The molecule has 0 saturated carbocycles. The largest absolute Gasteiger partial charge is 0.358 e. The standard InChI is InChI=1S/C30H26F2N4O2/c31-30(32,23-9-5-2-6-10-23)15-13-27-29(38)36(28(19-34-27)21-7-3-1-4-8-21)20-25(37)12-11-24-17-22-18-33-16-14-26(22)35-24/h1-10,14,16-19,35H,11-13,15,20H2. The molecule has 2 aromatic carbocycles. The second kappa shape index (κ2) is 10.9. The smallest absolute Gasteiger partial charge is 0.273 e. The number of hydrogen-bond acceptors (Lipinski definition) is 4. The van der Waals surface area contributed by atoms with Gasteiger partial charge in [0.05, 0.1) is 18.4 Å². The van der Waals surface area contributed by atoms with E-state index in [9.17, 15) is 18.4 Å². The number of halogens is 2. The molecule has 6 nitrogen and oxygen atoms in total. The first-order chi connectivity index (χ1) is 18.4. The van der Waals surface area contributed by atoms with Gasteiger partial charge in [0.2, 0.25) is 0 Å². The Morgan fingerprint density at radius 1 is 0.947 bits per heavy atom. The van der Waals surface area contributed by atoms with Gasteiger partial charge >= 0.3 is 0 Å². The Kier molecular flexibility index (Phi) is 7.22. The molecule has 0 atom stereocenters. The molecule has 38 heavy (non-hydrogen) atoms. The fraction of sp³-hybridized carbons (Fsp3) is 0.200. The van der Waals surface area contributed by atoms with E-state index in [4.69, 9.17) is 0 Å². The molecule has 5 aromatic rings. The minimum Gasteiger partial charge on any atom is -0.358 e. The number of ketones is 1. The Balaban J connectivity index is 1.37. The molecular formula is C30H26F2N4O2. The summed E-state index contributed by atoms with van der Waals surface area (Å²) in [7, 11) is 0. The Morgan fingerprint density at radius 2 is 1.68 bits per heavy atom. The molecule has 0 aliphatic carbocycles. The van der Waals surface area contributed by atoms with Crippen LogP contribution in [0.1, 0.15) is 29.8 Å². The summed E-state index contributed by atoms with van der Waals surface area (Å²) in [6.07, 6.45) is 4.85. The highest BCUT2D eigenvalue weighted by Crippen LogP contribution is 2.32. The van der Waals surface area contributed by atoms with Crippen LogP contribution in [0.15, 0.2) is 96.2 Å². The van der Waals surface area contributed by atoms with Crippen molar-refractivity contribution in [1.29, 1.82) is 0 Å². The summed E-state index contributed by atoms with van der Waals surface area (Å²) >= 11 is 0. The topological polar surface area (TPSA) is 80.6 Å². The number of alkyl halides is 2. The predicted molar refractivity (Wildman–Crippen MR) is 142 cm³/mol. The number of benzene rings is 2. The minimum atomic E-state index is -3.11. The van der Waals surface area contributed by atoms with Crippen LogP contribution in [0.25, 0.3) is 22.2 Å². The number of hydrogen-bond donors (Lipinski definition) is 1. The van der Waals surface area contributed by atoms with Crippen LogP contribution < -0.4 is 5.56 Å². The fourth-order valence-corrected chi connectivity index (χ4v) is 4.50. The van der Waals surface area contributed by atoms with Crippen LogP contribution in [0.3, 0.4) is 0 Å². The van der Waals surface area contributed by atoms with Gasteiger partial charge in [0, 0.05) is 53.8 Å². The van der Waals surface area contributed by atoms with Crippen LogP contribution in [0.2, 0.25) is 0 Å². The Bertz CT molecular complexity index is 1580. The normalized spacial score (nSPS) is 11.6. The van der Waals surface area contributed by atoms with Gasteiger partial charge in [-0.1, -0.05) is 60.7 Å². The van der Waals surface area contributed by atoms with Gasteiger partial charge in [-0.25, -0.2) is 8.78 Å². The second-order valence-electron chi connectivity index (χ2n) is 9.21. The van der Waals surface area contributed by atoms with Crippen LogP contribution in [-0.4, -0.2) is 25.3 Å². The maximum atomic E-state index is 14.8. The van der Waals surface area contributed by atoms with Crippen molar-refractivity contribution in [3.63, 3.8) is 0 Å². The third kappa shape index (κ3) is 5.59. The lowest BCUT2D eigenvalue weighted by Gasteiger charge is -2.17. The van der Waals surface area contributed by atoms with E-state index < -0.39 is 17.9 Å². The molecule has 8 heteroatoms. The molecule has 0 radical (unpaired) electrons. The van der Waals surface area contributed by atoms with Gasteiger partial charge in [0.1, 0.15) is 5.69 Å². The van der Waals surface area contributed by atoms with Gasteiger partial charge in [0.25, 0.3) is 11.5 Å². The number of nitrogens with zero attached hydrogens (tertiary/aromatic N) is 3. The summed E-state index contributed by atoms with van der Waals surface area (Å²) in [5.41, 5.74) is 2.40. The zero-order valence-corrected chi connectivity index (χ0v) is 20.6. The molecule has 0 amide bonds. The first-order valence-electron chi connectivity index (χ1n) is 12.4. The number of carbonyl (C=O) groups excluding carboxylic acids is 1. The summed E-state index contributed by atoms with van der Waals surface area (Å²) in [6, 6.07) is 20.5. The van der Waals surface area contributed by atoms with Crippen LogP contribution in [0, 0.1) is 0 Å². The van der Waals surface area contributed by atoms with E-state index in [0.717, 1.165) is 16.6 Å². The van der Waals surface area contributed by atoms with Crippen molar-refractivity contribution in [2.45, 2.75) is 38.2 Å². The first kappa shape index (κ1) is 25.2. The molecule has 0 aliphatic rings. The summed E-state index contributed by atoms with van der Waals surface area (Å²) in [5, 5.41) is 0.962. The number of pyridine rings is 1. The van der Waals surface area contributed by atoms with E-state index >= 15 is 0 Å². The van der Waals surface area contributed by atoms with Gasteiger partial charge < -0.3 is 4.98 Å². The molecule has 1 N–H and O–H groups in total. The summed E-state index contributed by atoms with van der Waals surface area (Å²) < 4.78 is 30.9. The Labute approximate surface area is 218 Å². The number of Topliss-reactive ketones (excluding diaryl/α,β-unsaturated/α-hetero) is 1. The summed E-state index contributed by atoms with van der Waals surface area (Å²) in [6.45, 7) is -0.171. The number of fused-ring (bicyclic) bond motifs is 1. The third-order valence-corrected chi connectivity index (χ3v) is 6.55. The second-order valence-corrected chi connectivity index (χ2v) is 9.21. The molecule has 0 aliphatic heterocycles. The number of H-pyrrole nitrogens is 1. The quantitative estimate of drug-likeness (QED) is 0.260. The van der Waals surface area contributed by atoms with Gasteiger partial charge in [-0.3, -0.25) is 24.1 Å². The molecule has 3 aromatic heterocycles. The number of aryl methyl sites for hydroxylation is 2. The molecule has 192 valence electrons. The number of nitrogens with one attached hydrogen (secondary N) is 1. The van der Waals surface area contributed by atoms with E-state index in [-0.39, 0.29) is 36.4 Å². The number of carbonyl (C=O) groups is 1. The van der Waals surface area contributed by atoms with E-state index in [1.807, 2.05) is 42.5 Å². The van der Waals surface area contributed by atoms with E-state index in [0.29, 0.717) is 17.7 Å². The van der Waals surface area contributed by atoms with Crippen molar-refractivity contribution < 1.29 is 13.6 Å². The molecule has 0 fully saturated rings.